The molecule has 0 spiro atoms. The van der Waals surface area contributed by atoms with E-state index in [-0.39, 0.29) is 16.8 Å². The Kier molecular flexibility index (Phi) is 4.43. The van der Waals surface area contributed by atoms with Crippen LogP contribution in [0.1, 0.15) is 35.4 Å². The molecule has 1 N–H and O–H groups in total. The van der Waals surface area contributed by atoms with Gasteiger partial charge in [-0.1, -0.05) is 6.42 Å². The normalized spacial score (nSPS) is 13.9. The first-order valence-electron chi connectivity index (χ1n) is 8.83. The molecular weight excluding hydrogens is 352 g/mol. The van der Waals surface area contributed by atoms with Crippen LogP contribution < -0.4 is 10.9 Å². The lowest BCUT2D eigenvalue weighted by Gasteiger charge is -2.11. The number of carbonyl (C=O) groups is 1. The number of fused-ring (bicyclic) bond motifs is 2. The van der Waals surface area contributed by atoms with Gasteiger partial charge in [0.2, 0.25) is 0 Å². The number of halogens is 2. The molecule has 0 bridgehead atoms. The van der Waals surface area contributed by atoms with Gasteiger partial charge >= 0.3 is 0 Å². The predicted molar refractivity (Wildman–Crippen MR) is 97.9 cm³/mol. The zero-order valence-electron chi connectivity index (χ0n) is 14.5. The minimum atomic E-state index is -1.04. The van der Waals surface area contributed by atoms with E-state index in [2.05, 4.69) is 10.3 Å². The molecule has 5 nitrogen and oxygen atoms in total. The number of benzene rings is 2. The van der Waals surface area contributed by atoms with E-state index in [9.17, 15) is 18.4 Å². The van der Waals surface area contributed by atoms with E-state index in [0.29, 0.717) is 17.4 Å². The third-order valence-corrected chi connectivity index (χ3v) is 4.76. The van der Waals surface area contributed by atoms with Crippen LogP contribution in [0, 0.1) is 11.6 Å². The molecule has 1 aliphatic heterocycles. The molecule has 7 heteroatoms. The van der Waals surface area contributed by atoms with E-state index in [4.69, 9.17) is 0 Å². The Labute approximate surface area is 153 Å². The first-order valence-corrected chi connectivity index (χ1v) is 8.83. The van der Waals surface area contributed by atoms with Crippen LogP contribution in [0.15, 0.2) is 41.2 Å². The Hall–Kier alpha value is -3.09. The van der Waals surface area contributed by atoms with Crippen molar-refractivity contribution in [2.24, 2.45) is 0 Å². The summed E-state index contributed by atoms with van der Waals surface area (Å²) in [6.45, 7) is 0.662. The molecule has 0 aliphatic carbocycles. The van der Waals surface area contributed by atoms with Gasteiger partial charge in [0.1, 0.15) is 5.82 Å². The molecule has 1 aromatic heterocycles. The average molecular weight is 369 g/mol. The number of hydrogen-bond donors (Lipinski definition) is 1. The van der Waals surface area contributed by atoms with Gasteiger partial charge in [0.25, 0.3) is 11.5 Å². The summed E-state index contributed by atoms with van der Waals surface area (Å²) in [5, 5.41) is 2.98. The lowest BCUT2D eigenvalue weighted by Crippen LogP contribution is -2.24. The number of rotatable bonds is 2. The third-order valence-electron chi connectivity index (χ3n) is 4.76. The molecule has 0 fully saturated rings. The maximum absolute atomic E-state index is 13.3. The van der Waals surface area contributed by atoms with Gasteiger partial charge in [-0.3, -0.25) is 14.2 Å². The molecule has 0 saturated heterocycles. The predicted octanol–water partition coefficient (Wildman–Crippen LogP) is 3.65. The van der Waals surface area contributed by atoms with E-state index >= 15 is 0 Å². The van der Waals surface area contributed by atoms with Crippen LogP contribution >= 0.6 is 0 Å². The molecule has 27 heavy (non-hydrogen) atoms. The Morgan fingerprint density at radius 2 is 1.89 bits per heavy atom. The van der Waals surface area contributed by atoms with Crippen molar-refractivity contribution in [1.29, 1.82) is 0 Å². The molecule has 2 heterocycles. The van der Waals surface area contributed by atoms with E-state index in [0.717, 1.165) is 43.6 Å². The van der Waals surface area contributed by atoms with Crippen LogP contribution in [0.25, 0.3) is 10.9 Å². The summed E-state index contributed by atoms with van der Waals surface area (Å²) in [7, 11) is 0. The highest BCUT2D eigenvalue weighted by Gasteiger charge is 2.15. The Balaban J connectivity index is 1.69. The number of carbonyl (C=O) groups excluding carboxylic acids is 1. The zero-order valence-corrected chi connectivity index (χ0v) is 14.5. The van der Waals surface area contributed by atoms with Crippen molar-refractivity contribution in [2.45, 2.75) is 32.2 Å². The van der Waals surface area contributed by atoms with Crippen molar-refractivity contribution in [3.8, 4) is 0 Å². The monoisotopic (exact) mass is 369 g/mol. The first-order chi connectivity index (χ1) is 13.0. The Morgan fingerprint density at radius 1 is 1.04 bits per heavy atom. The molecule has 1 amide bonds. The van der Waals surface area contributed by atoms with Crippen molar-refractivity contribution >= 4 is 22.5 Å². The van der Waals surface area contributed by atoms with Gasteiger partial charge in [-0.2, -0.15) is 0 Å². The minimum absolute atomic E-state index is 0.0931. The largest absolute Gasteiger partial charge is 0.322 e. The number of nitrogens with one attached hydrogen (secondary N) is 1. The topological polar surface area (TPSA) is 64.0 Å². The number of anilines is 1. The fraction of sp³-hybridized carbons (Fsp3) is 0.250. The van der Waals surface area contributed by atoms with Crippen LogP contribution in [0.3, 0.4) is 0 Å². The highest BCUT2D eigenvalue weighted by molar-refractivity contribution is 6.06. The van der Waals surface area contributed by atoms with Crippen LogP contribution in [0.5, 0.6) is 0 Å². The fourth-order valence-electron chi connectivity index (χ4n) is 3.34. The summed E-state index contributed by atoms with van der Waals surface area (Å²) in [6.07, 6.45) is 3.72. The molecule has 2 aromatic carbocycles. The third kappa shape index (κ3) is 3.32. The fourth-order valence-corrected chi connectivity index (χ4v) is 3.34. The van der Waals surface area contributed by atoms with Gasteiger partial charge in [0.15, 0.2) is 11.6 Å². The molecule has 0 saturated carbocycles. The number of aromatic nitrogens is 2. The lowest BCUT2D eigenvalue weighted by atomic mass is 10.1. The maximum atomic E-state index is 13.3. The van der Waals surface area contributed by atoms with E-state index in [1.54, 1.807) is 16.7 Å². The molecule has 138 valence electrons. The molecule has 0 radical (unpaired) electrons. The van der Waals surface area contributed by atoms with Gasteiger partial charge in [-0.15, -0.1) is 0 Å². The minimum Gasteiger partial charge on any atom is -0.322 e. The summed E-state index contributed by atoms with van der Waals surface area (Å²) in [5.74, 6) is -1.77. The van der Waals surface area contributed by atoms with Gasteiger partial charge < -0.3 is 5.32 Å². The average Bonchev–Trinajstić information content (AvgIpc) is 2.90. The number of amides is 1. The van der Waals surface area contributed by atoms with Crippen molar-refractivity contribution in [3.63, 3.8) is 0 Å². The first kappa shape index (κ1) is 17.3. The number of nitrogens with zero attached hydrogens (tertiary/aromatic N) is 2. The quantitative estimate of drug-likeness (QED) is 0.750. The lowest BCUT2D eigenvalue weighted by molar-refractivity contribution is 0.102. The van der Waals surface area contributed by atoms with Crippen LogP contribution in [-0.2, 0) is 13.0 Å². The van der Waals surface area contributed by atoms with Gasteiger partial charge in [0, 0.05) is 30.3 Å². The number of aryl methyl sites for hydroxylation is 1. The van der Waals surface area contributed by atoms with Crippen molar-refractivity contribution in [2.75, 3.05) is 5.32 Å². The highest BCUT2D eigenvalue weighted by Crippen LogP contribution is 2.18. The standard InChI is InChI=1S/C20H17F2N3O2/c21-15-8-6-13(11-16(15)22)23-19(26)12-5-7-14-17(10-12)24-18-4-2-1-3-9-25(18)20(14)27/h5-8,10-11H,1-4,9H2,(H,23,26). The van der Waals surface area contributed by atoms with Crippen molar-refractivity contribution in [3.05, 3.63) is 69.8 Å². The summed E-state index contributed by atoms with van der Waals surface area (Å²) in [6, 6.07) is 7.81. The van der Waals surface area contributed by atoms with E-state index in [1.807, 2.05) is 0 Å². The van der Waals surface area contributed by atoms with Crippen LogP contribution in [0.4, 0.5) is 14.5 Å². The molecule has 1 aliphatic rings. The zero-order chi connectivity index (χ0) is 19.0. The SMILES string of the molecule is O=C(Nc1ccc(F)c(F)c1)c1ccc2c(=O)n3c(nc2c1)CCCCC3. The molecule has 0 unspecified atom stereocenters. The number of hydrogen-bond acceptors (Lipinski definition) is 3. The summed E-state index contributed by atoms with van der Waals surface area (Å²) >= 11 is 0. The van der Waals surface area contributed by atoms with Crippen molar-refractivity contribution in [1.82, 2.24) is 9.55 Å². The van der Waals surface area contributed by atoms with Gasteiger partial charge in [0.05, 0.1) is 10.9 Å². The highest BCUT2D eigenvalue weighted by atomic mass is 19.2. The van der Waals surface area contributed by atoms with Crippen LogP contribution in [0.2, 0.25) is 0 Å². The van der Waals surface area contributed by atoms with E-state index < -0.39 is 17.5 Å². The van der Waals surface area contributed by atoms with Gasteiger partial charge in [-0.05, 0) is 43.2 Å². The Morgan fingerprint density at radius 3 is 2.70 bits per heavy atom. The summed E-state index contributed by atoms with van der Waals surface area (Å²) in [4.78, 5) is 29.7. The maximum Gasteiger partial charge on any atom is 0.261 e. The second-order valence-corrected chi connectivity index (χ2v) is 6.61. The summed E-state index contributed by atoms with van der Waals surface area (Å²) in [5.41, 5.74) is 0.808. The van der Waals surface area contributed by atoms with Gasteiger partial charge in [-0.25, -0.2) is 13.8 Å². The summed E-state index contributed by atoms with van der Waals surface area (Å²) < 4.78 is 28.0. The second kappa shape index (κ2) is 6.90. The smallest absolute Gasteiger partial charge is 0.261 e. The Bertz CT molecular complexity index is 1110. The molecule has 0 atom stereocenters. The molecule has 3 aromatic rings. The second-order valence-electron chi connectivity index (χ2n) is 6.61. The van der Waals surface area contributed by atoms with E-state index in [1.165, 1.54) is 12.1 Å². The molecular formula is C20H17F2N3O2. The molecule has 4 rings (SSSR count). The van der Waals surface area contributed by atoms with Crippen molar-refractivity contribution < 1.29 is 13.6 Å². The van der Waals surface area contributed by atoms with Crippen LogP contribution in [-0.4, -0.2) is 15.5 Å².